The van der Waals surface area contributed by atoms with Crippen LogP contribution in [0.3, 0.4) is 0 Å². The van der Waals surface area contributed by atoms with E-state index in [2.05, 4.69) is 34.6 Å². The van der Waals surface area contributed by atoms with Crippen LogP contribution in [0, 0.1) is 0 Å². The Hall–Kier alpha value is -1.81. The lowest BCUT2D eigenvalue weighted by Gasteiger charge is -2.05. The van der Waals surface area contributed by atoms with Crippen LogP contribution in [0.1, 0.15) is 25.3 Å². The van der Waals surface area contributed by atoms with Crippen LogP contribution < -0.4 is 5.32 Å². The number of benzene rings is 1. The third kappa shape index (κ3) is 4.10. The summed E-state index contributed by atoms with van der Waals surface area (Å²) in [5, 5.41) is 4.57. The normalized spacial score (nSPS) is 10.8. The molecular weight excluding hydrogens is 240 g/mol. The van der Waals surface area contributed by atoms with Crippen molar-refractivity contribution in [1.82, 2.24) is 10.3 Å². The van der Waals surface area contributed by atoms with Crippen LogP contribution in [-0.4, -0.2) is 24.1 Å². The van der Waals surface area contributed by atoms with Gasteiger partial charge in [0.05, 0.1) is 6.61 Å². The first-order chi connectivity index (χ1) is 9.29. The Morgan fingerprint density at radius 3 is 3.11 bits per heavy atom. The molecule has 0 spiro atoms. The highest BCUT2D eigenvalue weighted by atomic mass is 16.5. The number of hydrogen-bond acceptors (Lipinski definition) is 3. The lowest BCUT2D eigenvalue weighted by atomic mass is 10.1. The molecule has 0 bridgehead atoms. The summed E-state index contributed by atoms with van der Waals surface area (Å²) < 4.78 is 4.88. The minimum atomic E-state index is -0.113. The number of fused-ring (bicyclic) bond motifs is 1. The van der Waals surface area contributed by atoms with Gasteiger partial charge in [0.2, 0.25) is 0 Å². The van der Waals surface area contributed by atoms with Crippen LogP contribution in [0.15, 0.2) is 30.5 Å². The zero-order valence-corrected chi connectivity index (χ0v) is 11.2. The van der Waals surface area contributed by atoms with Crippen LogP contribution >= 0.6 is 0 Å². The zero-order chi connectivity index (χ0) is 13.5. The quantitative estimate of drug-likeness (QED) is 0.594. The fourth-order valence-electron chi connectivity index (χ4n) is 2.04. The summed E-state index contributed by atoms with van der Waals surface area (Å²) in [5.41, 5.74) is 2.41. The highest BCUT2D eigenvalue weighted by Gasteiger charge is 2.01. The molecule has 1 aromatic carbocycles. The van der Waals surface area contributed by atoms with Crippen molar-refractivity contribution < 1.29 is 9.53 Å². The van der Waals surface area contributed by atoms with Gasteiger partial charge in [0.1, 0.15) is 0 Å². The van der Waals surface area contributed by atoms with Crippen molar-refractivity contribution in [1.29, 1.82) is 0 Å². The fourth-order valence-corrected chi connectivity index (χ4v) is 2.04. The number of nitrogens with one attached hydrogen (secondary N) is 2. The summed E-state index contributed by atoms with van der Waals surface area (Å²) in [5.74, 6) is -0.113. The predicted molar refractivity (Wildman–Crippen MR) is 75.9 cm³/mol. The van der Waals surface area contributed by atoms with E-state index in [0.29, 0.717) is 13.0 Å². The second kappa shape index (κ2) is 6.95. The summed E-state index contributed by atoms with van der Waals surface area (Å²) in [6.07, 6.45) is 3.24. The number of ether oxygens (including phenoxy) is 1. The minimum absolute atomic E-state index is 0.113. The Labute approximate surface area is 113 Å². The van der Waals surface area contributed by atoms with Crippen molar-refractivity contribution in [3.63, 3.8) is 0 Å². The molecule has 0 saturated heterocycles. The Morgan fingerprint density at radius 2 is 2.26 bits per heavy atom. The fraction of sp³-hybridized carbons (Fsp3) is 0.400. The second-order valence-electron chi connectivity index (χ2n) is 4.48. The maximum Gasteiger partial charge on any atom is 0.305 e. The number of carbonyl (C=O) groups excluding carboxylic acids is 1. The van der Waals surface area contributed by atoms with Crippen molar-refractivity contribution in [2.24, 2.45) is 0 Å². The van der Waals surface area contributed by atoms with E-state index >= 15 is 0 Å². The van der Waals surface area contributed by atoms with Crippen molar-refractivity contribution in [2.75, 3.05) is 13.2 Å². The molecule has 0 aliphatic rings. The lowest BCUT2D eigenvalue weighted by molar-refractivity contribution is -0.143. The molecule has 2 N–H and O–H groups in total. The molecule has 0 aliphatic heterocycles. The average Bonchev–Trinajstić information content (AvgIpc) is 2.86. The van der Waals surface area contributed by atoms with Gasteiger partial charge in [0.15, 0.2) is 0 Å². The largest absolute Gasteiger partial charge is 0.466 e. The topological polar surface area (TPSA) is 54.1 Å². The van der Waals surface area contributed by atoms with E-state index in [0.717, 1.165) is 25.0 Å². The van der Waals surface area contributed by atoms with E-state index in [-0.39, 0.29) is 5.97 Å². The second-order valence-corrected chi connectivity index (χ2v) is 4.48. The van der Waals surface area contributed by atoms with Crippen LogP contribution in [0.4, 0.5) is 0 Å². The Bertz CT molecular complexity index is 534. The van der Waals surface area contributed by atoms with Gasteiger partial charge in [-0.1, -0.05) is 6.07 Å². The third-order valence-electron chi connectivity index (χ3n) is 2.99. The number of hydrogen-bond donors (Lipinski definition) is 2. The van der Waals surface area contributed by atoms with Crippen LogP contribution in [0.5, 0.6) is 0 Å². The molecule has 1 aromatic heterocycles. The van der Waals surface area contributed by atoms with Gasteiger partial charge in [0, 0.05) is 24.7 Å². The lowest BCUT2D eigenvalue weighted by Crippen LogP contribution is -2.16. The number of H-pyrrole nitrogens is 1. The molecule has 0 fully saturated rings. The Kier molecular flexibility index (Phi) is 4.98. The van der Waals surface area contributed by atoms with Gasteiger partial charge in [0.25, 0.3) is 0 Å². The smallest absolute Gasteiger partial charge is 0.305 e. The van der Waals surface area contributed by atoms with Crippen molar-refractivity contribution in [3.8, 4) is 0 Å². The number of carbonyl (C=O) groups is 1. The molecule has 0 aliphatic carbocycles. The highest BCUT2D eigenvalue weighted by Crippen LogP contribution is 2.13. The Morgan fingerprint density at radius 1 is 1.37 bits per heavy atom. The summed E-state index contributed by atoms with van der Waals surface area (Å²) in [4.78, 5) is 14.3. The molecule has 2 aromatic rings. The number of aromatic nitrogens is 1. The summed E-state index contributed by atoms with van der Waals surface area (Å²) in [6, 6.07) is 8.44. The maximum absolute atomic E-state index is 11.1. The molecule has 0 atom stereocenters. The maximum atomic E-state index is 11.1. The SMILES string of the molecule is CCOC(=O)CCCNCc1ccc2[nH]ccc2c1. The van der Waals surface area contributed by atoms with Crippen LogP contribution in [0.25, 0.3) is 10.9 Å². The van der Waals surface area contributed by atoms with Gasteiger partial charge in [-0.05, 0) is 49.0 Å². The first-order valence-electron chi connectivity index (χ1n) is 6.72. The summed E-state index contributed by atoms with van der Waals surface area (Å²) in [6.45, 7) is 3.93. The van der Waals surface area contributed by atoms with E-state index in [9.17, 15) is 4.79 Å². The van der Waals surface area contributed by atoms with E-state index < -0.39 is 0 Å². The molecule has 2 rings (SSSR count). The standard InChI is InChI=1S/C15H20N2O2/c1-2-19-15(18)4-3-8-16-11-12-5-6-14-13(10-12)7-9-17-14/h5-7,9-10,16-17H,2-4,8,11H2,1H3. The van der Waals surface area contributed by atoms with E-state index in [1.165, 1.54) is 10.9 Å². The molecule has 0 unspecified atom stereocenters. The van der Waals surface area contributed by atoms with Crippen molar-refractivity contribution >= 4 is 16.9 Å². The van der Waals surface area contributed by atoms with E-state index in [4.69, 9.17) is 4.74 Å². The van der Waals surface area contributed by atoms with Crippen LogP contribution in [-0.2, 0) is 16.1 Å². The highest BCUT2D eigenvalue weighted by molar-refractivity contribution is 5.79. The molecule has 4 nitrogen and oxygen atoms in total. The van der Waals surface area contributed by atoms with Gasteiger partial charge in [-0.3, -0.25) is 4.79 Å². The molecule has 0 amide bonds. The molecule has 0 radical (unpaired) electrons. The van der Waals surface area contributed by atoms with Gasteiger partial charge in [-0.25, -0.2) is 0 Å². The summed E-state index contributed by atoms with van der Waals surface area (Å²) >= 11 is 0. The van der Waals surface area contributed by atoms with Gasteiger partial charge >= 0.3 is 5.97 Å². The van der Waals surface area contributed by atoms with Gasteiger partial charge in [-0.15, -0.1) is 0 Å². The van der Waals surface area contributed by atoms with Crippen molar-refractivity contribution in [2.45, 2.75) is 26.3 Å². The third-order valence-corrected chi connectivity index (χ3v) is 2.99. The zero-order valence-electron chi connectivity index (χ0n) is 11.2. The van der Waals surface area contributed by atoms with Crippen molar-refractivity contribution in [3.05, 3.63) is 36.0 Å². The van der Waals surface area contributed by atoms with E-state index in [1.54, 1.807) is 0 Å². The minimum Gasteiger partial charge on any atom is -0.466 e. The first-order valence-corrected chi connectivity index (χ1v) is 6.72. The monoisotopic (exact) mass is 260 g/mol. The molecular formula is C15H20N2O2. The summed E-state index contributed by atoms with van der Waals surface area (Å²) in [7, 11) is 0. The van der Waals surface area contributed by atoms with Crippen LogP contribution in [0.2, 0.25) is 0 Å². The van der Waals surface area contributed by atoms with Gasteiger partial charge < -0.3 is 15.0 Å². The first kappa shape index (κ1) is 13.6. The van der Waals surface area contributed by atoms with Gasteiger partial charge in [-0.2, -0.15) is 0 Å². The average molecular weight is 260 g/mol. The Balaban J connectivity index is 1.69. The predicted octanol–water partition coefficient (Wildman–Crippen LogP) is 2.60. The molecule has 102 valence electrons. The molecule has 0 saturated carbocycles. The number of aromatic amines is 1. The molecule has 19 heavy (non-hydrogen) atoms. The number of rotatable bonds is 7. The molecule has 4 heteroatoms. The molecule has 1 heterocycles. The number of esters is 1. The van der Waals surface area contributed by atoms with E-state index in [1.807, 2.05) is 13.1 Å².